The number of methoxy groups -OCH3 is 2. The number of amides is 1. The van der Waals surface area contributed by atoms with Crippen molar-refractivity contribution in [2.45, 2.75) is 6.04 Å². The predicted molar refractivity (Wildman–Crippen MR) is 103 cm³/mol. The molecule has 3 aromatic rings. The maximum absolute atomic E-state index is 13.0. The van der Waals surface area contributed by atoms with Gasteiger partial charge in [-0.05, 0) is 42.0 Å². The summed E-state index contributed by atoms with van der Waals surface area (Å²) < 4.78 is 10.4. The van der Waals surface area contributed by atoms with E-state index in [1.54, 1.807) is 37.3 Å². The van der Waals surface area contributed by atoms with Crippen LogP contribution in [0.25, 0.3) is 11.3 Å². The lowest BCUT2D eigenvalue weighted by Gasteiger charge is -2.26. The maximum Gasteiger partial charge on any atom is 0.273 e. The number of hydrogen-bond acceptors (Lipinski definition) is 5. The average Bonchev–Trinajstić information content (AvgIpc) is 3.25. The lowest BCUT2D eigenvalue weighted by Crippen LogP contribution is -2.32. The summed E-state index contributed by atoms with van der Waals surface area (Å²) in [6.45, 7) is 0.844. The number of aromatic amines is 1. The van der Waals surface area contributed by atoms with E-state index < -0.39 is 0 Å². The van der Waals surface area contributed by atoms with Crippen LogP contribution in [-0.2, 0) is 4.74 Å². The molecule has 0 unspecified atom stereocenters. The van der Waals surface area contributed by atoms with Gasteiger partial charge in [-0.2, -0.15) is 5.10 Å². The van der Waals surface area contributed by atoms with Gasteiger partial charge in [-0.1, -0.05) is 12.1 Å². The second-order valence-corrected chi connectivity index (χ2v) is 6.58. The quantitative estimate of drug-likeness (QED) is 0.687. The van der Waals surface area contributed by atoms with E-state index >= 15 is 0 Å². The Hall–Kier alpha value is -3.32. The van der Waals surface area contributed by atoms with E-state index in [9.17, 15) is 9.90 Å². The first-order valence-corrected chi connectivity index (χ1v) is 8.95. The first-order chi connectivity index (χ1) is 13.6. The van der Waals surface area contributed by atoms with Crippen LogP contribution in [0.1, 0.15) is 27.7 Å². The number of H-pyrrole nitrogens is 1. The number of hydrogen-bond donors (Lipinski definition) is 2. The highest BCUT2D eigenvalue weighted by molar-refractivity contribution is 6.00. The van der Waals surface area contributed by atoms with Crippen LogP contribution >= 0.6 is 0 Å². The van der Waals surface area contributed by atoms with Crippen molar-refractivity contribution in [1.82, 2.24) is 15.1 Å². The monoisotopic (exact) mass is 379 g/mol. The molecule has 0 radical (unpaired) electrons. The topological polar surface area (TPSA) is 87.7 Å². The summed E-state index contributed by atoms with van der Waals surface area (Å²) in [5.74, 6) is 0.769. The van der Waals surface area contributed by atoms with Gasteiger partial charge in [0.15, 0.2) is 0 Å². The van der Waals surface area contributed by atoms with Crippen molar-refractivity contribution in [1.29, 1.82) is 0 Å². The fraction of sp³-hybridized carbons (Fsp3) is 0.238. The highest BCUT2D eigenvalue weighted by atomic mass is 16.5. The highest BCUT2D eigenvalue weighted by Crippen LogP contribution is 2.43. The SMILES string of the molecule is COCCN1C(=O)c2[nH]nc(-c3ccc(OC)cc3)c2[C@H]1c1cccc(O)c1. The summed E-state index contributed by atoms with van der Waals surface area (Å²) in [6.07, 6.45) is 0. The fourth-order valence-electron chi connectivity index (χ4n) is 3.63. The molecule has 1 aliphatic rings. The second kappa shape index (κ2) is 7.36. The number of carbonyl (C=O) groups is 1. The lowest BCUT2D eigenvalue weighted by atomic mass is 9.96. The Morgan fingerprint density at radius 3 is 2.64 bits per heavy atom. The van der Waals surface area contributed by atoms with Gasteiger partial charge in [0.2, 0.25) is 0 Å². The van der Waals surface area contributed by atoms with Crippen LogP contribution in [0, 0.1) is 0 Å². The molecule has 0 saturated heterocycles. The Morgan fingerprint density at radius 2 is 1.96 bits per heavy atom. The predicted octanol–water partition coefficient (Wildman–Crippen LogP) is 2.98. The van der Waals surface area contributed by atoms with Crippen LogP contribution in [0.3, 0.4) is 0 Å². The zero-order chi connectivity index (χ0) is 19.7. The zero-order valence-corrected chi connectivity index (χ0v) is 15.7. The number of nitrogens with one attached hydrogen (secondary N) is 1. The number of phenolic OH excluding ortho intramolecular Hbond substituents is 1. The van der Waals surface area contributed by atoms with Gasteiger partial charge in [0, 0.05) is 24.8 Å². The molecule has 0 saturated carbocycles. The van der Waals surface area contributed by atoms with E-state index in [4.69, 9.17) is 9.47 Å². The molecule has 2 heterocycles. The molecule has 2 aromatic carbocycles. The number of rotatable bonds is 6. The molecule has 2 N–H and O–H groups in total. The molecule has 1 atom stereocenters. The number of aromatic hydroxyl groups is 1. The highest BCUT2D eigenvalue weighted by Gasteiger charge is 2.42. The third-order valence-electron chi connectivity index (χ3n) is 4.95. The van der Waals surface area contributed by atoms with Crippen molar-refractivity contribution in [2.24, 2.45) is 0 Å². The van der Waals surface area contributed by atoms with Crippen LogP contribution < -0.4 is 4.74 Å². The molecule has 28 heavy (non-hydrogen) atoms. The van der Waals surface area contributed by atoms with Crippen molar-refractivity contribution in [3.05, 3.63) is 65.4 Å². The molecule has 0 fully saturated rings. The van der Waals surface area contributed by atoms with E-state index in [1.165, 1.54) is 0 Å². The van der Waals surface area contributed by atoms with Crippen molar-refractivity contribution >= 4 is 5.91 Å². The minimum absolute atomic E-state index is 0.132. The van der Waals surface area contributed by atoms with Gasteiger partial charge in [0.25, 0.3) is 5.91 Å². The van der Waals surface area contributed by atoms with Crippen molar-refractivity contribution in [3.8, 4) is 22.8 Å². The maximum atomic E-state index is 13.0. The molecule has 7 heteroatoms. The van der Waals surface area contributed by atoms with Gasteiger partial charge in [-0.15, -0.1) is 0 Å². The molecule has 1 aromatic heterocycles. The van der Waals surface area contributed by atoms with Crippen LogP contribution in [0.5, 0.6) is 11.5 Å². The third-order valence-corrected chi connectivity index (χ3v) is 4.95. The molecular weight excluding hydrogens is 358 g/mol. The smallest absolute Gasteiger partial charge is 0.273 e. The van der Waals surface area contributed by atoms with E-state index in [0.29, 0.717) is 24.5 Å². The summed E-state index contributed by atoms with van der Waals surface area (Å²) in [5.41, 5.74) is 3.68. The van der Waals surface area contributed by atoms with Crippen molar-refractivity contribution in [3.63, 3.8) is 0 Å². The van der Waals surface area contributed by atoms with Crippen LogP contribution in [0.15, 0.2) is 48.5 Å². The van der Waals surface area contributed by atoms with Gasteiger partial charge in [-0.25, -0.2) is 0 Å². The second-order valence-electron chi connectivity index (χ2n) is 6.58. The van der Waals surface area contributed by atoms with Crippen LogP contribution in [0.2, 0.25) is 0 Å². The Labute approximate surface area is 162 Å². The molecule has 1 aliphatic heterocycles. The molecule has 4 rings (SSSR count). The largest absolute Gasteiger partial charge is 0.508 e. The minimum Gasteiger partial charge on any atom is -0.508 e. The molecular formula is C21H21N3O4. The van der Waals surface area contributed by atoms with Crippen molar-refractivity contribution < 1.29 is 19.4 Å². The van der Waals surface area contributed by atoms with Gasteiger partial charge < -0.3 is 19.5 Å². The van der Waals surface area contributed by atoms with E-state index in [1.807, 2.05) is 30.3 Å². The van der Waals surface area contributed by atoms with Gasteiger partial charge in [-0.3, -0.25) is 9.89 Å². The summed E-state index contributed by atoms with van der Waals surface area (Å²) in [7, 11) is 3.22. The van der Waals surface area contributed by atoms with E-state index in [-0.39, 0.29) is 17.7 Å². The number of benzene rings is 2. The summed E-state index contributed by atoms with van der Waals surface area (Å²) in [6, 6.07) is 14.2. The van der Waals surface area contributed by atoms with Crippen LogP contribution in [0.4, 0.5) is 0 Å². The Kier molecular flexibility index (Phi) is 4.75. The first kappa shape index (κ1) is 18.1. The van der Waals surface area contributed by atoms with E-state index in [0.717, 1.165) is 22.4 Å². The Morgan fingerprint density at radius 1 is 1.18 bits per heavy atom. The van der Waals surface area contributed by atoms with Crippen LogP contribution in [-0.4, -0.2) is 53.5 Å². The number of carbonyl (C=O) groups excluding carboxylic acids is 1. The molecule has 0 spiro atoms. The van der Waals surface area contributed by atoms with Crippen molar-refractivity contribution in [2.75, 3.05) is 27.4 Å². The summed E-state index contributed by atoms with van der Waals surface area (Å²) >= 11 is 0. The average molecular weight is 379 g/mol. The lowest BCUT2D eigenvalue weighted by molar-refractivity contribution is 0.0677. The number of aromatic nitrogens is 2. The minimum atomic E-state index is -0.361. The number of ether oxygens (including phenoxy) is 2. The molecule has 1 amide bonds. The molecule has 7 nitrogen and oxygen atoms in total. The normalized spacial score (nSPS) is 15.7. The van der Waals surface area contributed by atoms with E-state index in [2.05, 4.69) is 10.2 Å². The Bertz CT molecular complexity index is 997. The number of nitrogens with zero attached hydrogens (tertiary/aromatic N) is 2. The number of phenols is 1. The van der Waals surface area contributed by atoms with Gasteiger partial charge >= 0.3 is 0 Å². The standard InChI is InChI=1S/C21H21N3O4/c1-27-11-10-24-20(14-4-3-5-15(25)12-14)17-18(22-23-19(17)21(24)26)13-6-8-16(28-2)9-7-13/h3-9,12,20,25H,10-11H2,1-2H3,(H,22,23)/t20-/m1/s1. The van der Waals surface area contributed by atoms with Gasteiger partial charge in [0.05, 0.1) is 25.5 Å². The first-order valence-electron chi connectivity index (χ1n) is 8.95. The number of fused-ring (bicyclic) bond motifs is 1. The molecule has 0 aliphatic carbocycles. The summed E-state index contributed by atoms with van der Waals surface area (Å²) in [4.78, 5) is 14.8. The third kappa shape index (κ3) is 2.99. The molecule has 144 valence electrons. The van der Waals surface area contributed by atoms with Gasteiger partial charge in [0.1, 0.15) is 17.2 Å². The zero-order valence-electron chi connectivity index (χ0n) is 15.7. The molecule has 0 bridgehead atoms. The Balaban J connectivity index is 1.84. The fourth-order valence-corrected chi connectivity index (χ4v) is 3.63. The summed E-state index contributed by atoms with van der Waals surface area (Å²) in [5, 5.41) is 17.3.